The van der Waals surface area contributed by atoms with Crippen molar-refractivity contribution in [3.05, 3.63) is 48.5 Å². The van der Waals surface area contributed by atoms with Crippen molar-refractivity contribution in [2.45, 2.75) is 42.7 Å². The summed E-state index contributed by atoms with van der Waals surface area (Å²) in [6.45, 7) is 0. The first kappa shape index (κ1) is 18.9. The van der Waals surface area contributed by atoms with E-state index in [2.05, 4.69) is 0 Å². The van der Waals surface area contributed by atoms with E-state index in [9.17, 15) is 13.2 Å². The van der Waals surface area contributed by atoms with Crippen LogP contribution in [0, 0.1) is 5.92 Å². The highest BCUT2D eigenvalue weighted by molar-refractivity contribution is 7.89. The van der Waals surface area contributed by atoms with E-state index < -0.39 is 22.0 Å². The van der Waals surface area contributed by atoms with Crippen molar-refractivity contribution in [1.29, 1.82) is 0 Å². The quantitative estimate of drug-likeness (QED) is 0.414. The number of nitrogens with one attached hydrogen (secondary N) is 1. The molecule has 4 N–H and O–H groups in total. The molecule has 3 atom stereocenters. The van der Waals surface area contributed by atoms with Gasteiger partial charge in [-0.2, -0.15) is 4.31 Å². The average molecular weight is 401 g/mol. The van der Waals surface area contributed by atoms with E-state index >= 15 is 0 Å². The molecule has 2 fully saturated rings. The van der Waals surface area contributed by atoms with Gasteiger partial charge in [0.05, 0.1) is 4.90 Å². The maximum atomic E-state index is 13.3. The van der Waals surface area contributed by atoms with Crippen molar-refractivity contribution in [2.24, 2.45) is 5.92 Å². The Morgan fingerprint density at radius 2 is 1.64 bits per heavy atom. The lowest BCUT2D eigenvalue weighted by Crippen LogP contribution is -2.48. The molecule has 0 radical (unpaired) electrons. The van der Waals surface area contributed by atoms with Crippen molar-refractivity contribution in [1.82, 2.24) is 9.79 Å². The Hall–Kier alpha value is -2.42. The third-order valence-corrected chi connectivity index (χ3v) is 7.81. The van der Waals surface area contributed by atoms with Gasteiger partial charge in [0.2, 0.25) is 10.0 Å². The predicted octanol–water partition coefficient (Wildman–Crippen LogP) is 2.37. The van der Waals surface area contributed by atoms with Gasteiger partial charge < -0.3 is 5.73 Å². The third kappa shape index (κ3) is 3.17. The van der Waals surface area contributed by atoms with Gasteiger partial charge in [0, 0.05) is 11.7 Å². The number of hydrogen-bond donors (Lipinski definition) is 3. The largest absolute Gasteiger partial charge is 0.399 e. The number of carbonyl (C=O) groups excluding carboxylic acids is 1. The summed E-state index contributed by atoms with van der Waals surface area (Å²) in [5, 5.41) is 9.06. The number of amides is 1. The van der Waals surface area contributed by atoms with Crippen LogP contribution in [0.25, 0.3) is 11.1 Å². The molecule has 1 saturated heterocycles. The zero-order valence-electron chi connectivity index (χ0n) is 15.3. The van der Waals surface area contributed by atoms with Gasteiger partial charge in [-0.25, -0.2) is 13.9 Å². The Bertz CT molecular complexity index is 974. The maximum Gasteiger partial charge on any atom is 0.261 e. The van der Waals surface area contributed by atoms with Crippen molar-refractivity contribution in [3.8, 4) is 11.1 Å². The van der Waals surface area contributed by atoms with Crippen molar-refractivity contribution in [3.63, 3.8) is 0 Å². The number of nitrogen functional groups attached to an aromatic ring is 1. The molecule has 1 amide bonds. The zero-order valence-corrected chi connectivity index (χ0v) is 16.1. The number of hydroxylamine groups is 1. The molecular weight excluding hydrogens is 378 g/mol. The van der Waals surface area contributed by atoms with Crippen LogP contribution in [0.2, 0.25) is 0 Å². The Labute approximate surface area is 164 Å². The summed E-state index contributed by atoms with van der Waals surface area (Å²) in [5.74, 6) is -0.511. The average Bonchev–Trinajstić information content (AvgIpc) is 3.29. The van der Waals surface area contributed by atoms with Crippen LogP contribution in [0.5, 0.6) is 0 Å². The van der Waals surface area contributed by atoms with Gasteiger partial charge in [0.1, 0.15) is 6.04 Å². The molecule has 2 aromatic carbocycles. The minimum atomic E-state index is -3.86. The smallest absolute Gasteiger partial charge is 0.261 e. The van der Waals surface area contributed by atoms with Crippen LogP contribution in [0.4, 0.5) is 5.69 Å². The van der Waals surface area contributed by atoms with Gasteiger partial charge in [-0.15, -0.1) is 0 Å². The first-order chi connectivity index (χ1) is 13.4. The second-order valence-electron chi connectivity index (χ2n) is 7.47. The van der Waals surface area contributed by atoms with Crippen LogP contribution in [-0.4, -0.2) is 35.9 Å². The summed E-state index contributed by atoms with van der Waals surface area (Å²) in [5.41, 5.74) is 9.82. The summed E-state index contributed by atoms with van der Waals surface area (Å²) in [6, 6.07) is 12.9. The van der Waals surface area contributed by atoms with Crippen LogP contribution >= 0.6 is 0 Å². The summed E-state index contributed by atoms with van der Waals surface area (Å²) in [7, 11) is -3.86. The number of rotatable bonds is 4. The van der Waals surface area contributed by atoms with E-state index in [1.807, 2.05) is 12.1 Å². The topological polar surface area (TPSA) is 113 Å². The lowest BCUT2D eigenvalue weighted by molar-refractivity contribution is -0.132. The Balaban J connectivity index is 1.66. The van der Waals surface area contributed by atoms with E-state index in [-0.39, 0.29) is 16.9 Å². The third-order valence-electron chi connectivity index (χ3n) is 5.87. The minimum absolute atomic E-state index is 0.148. The second kappa shape index (κ2) is 7.20. The predicted molar refractivity (Wildman–Crippen MR) is 105 cm³/mol. The van der Waals surface area contributed by atoms with E-state index in [1.54, 1.807) is 41.9 Å². The van der Waals surface area contributed by atoms with Crippen LogP contribution in [-0.2, 0) is 14.8 Å². The molecule has 7 nitrogen and oxygen atoms in total. The van der Waals surface area contributed by atoms with Crippen LogP contribution in [0.15, 0.2) is 53.4 Å². The number of benzene rings is 2. The van der Waals surface area contributed by atoms with Crippen molar-refractivity contribution >= 4 is 21.6 Å². The molecule has 0 spiro atoms. The fourth-order valence-corrected chi connectivity index (χ4v) is 6.38. The van der Waals surface area contributed by atoms with Gasteiger partial charge in [-0.1, -0.05) is 30.7 Å². The summed E-state index contributed by atoms with van der Waals surface area (Å²) in [4.78, 5) is 12.3. The molecule has 1 aliphatic carbocycles. The van der Waals surface area contributed by atoms with E-state index in [4.69, 9.17) is 10.9 Å². The highest BCUT2D eigenvalue weighted by Gasteiger charge is 2.52. The monoisotopic (exact) mass is 401 g/mol. The van der Waals surface area contributed by atoms with Crippen LogP contribution in [0.1, 0.15) is 25.7 Å². The van der Waals surface area contributed by atoms with E-state index in [0.717, 1.165) is 30.4 Å². The van der Waals surface area contributed by atoms with Gasteiger partial charge in [-0.3, -0.25) is 10.0 Å². The fourth-order valence-electron chi connectivity index (χ4n) is 4.51. The summed E-state index contributed by atoms with van der Waals surface area (Å²) < 4.78 is 28.0. The van der Waals surface area contributed by atoms with Crippen LogP contribution < -0.4 is 11.2 Å². The van der Waals surface area contributed by atoms with Crippen molar-refractivity contribution in [2.75, 3.05) is 5.73 Å². The lowest BCUT2D eigenvalue weighted by atomic mass is 10.0. The number of sulfonamides is 1. The number of nitrogens with zero attached hydrogens (tertiary/aromatic N) is 1. The molecule has 0 bridgehead atoms. The summed E-state index contributed by atoms with van der Waals surface area (Å²) in [6.07, 6.45) is 3.04. The molecule has 4 rings (SSSR count). The highest BCUT2D eigenvalue weighted by atomic mass is 32.2. The molecule has 28 heavy (non-hydrogen) atoms. The Kier molecular flexibility index (Phi) is 4.86. The van der Waals surface area contributed by atoms with Gasteiger partial charge >= 0.3 is 0 Å². The molecular formula is C20H23N3O4S. The van der Waals surface area contributed by atoms with Gasteiger partial charge in [-0.05, 0) is 60.6 Å². The normalized spacial score (nSPS) is 24.8. The molecule has 148 valence electrons. The molecule has 1 aliphatic heterocycles. The summed E-state index contributed by atoms with van der Waals surface area (Å²) >= 11 is 0. The highest BCUT2D eigenvalue weighted by Crippen LogP contribution is 2.44. The van der Waals surface area contributed by atoms with E-state index in [1.165, 1.54) is 4.31 Å². The number of hydrogen-bond acceptors (Lipinski definition) is 5. The minimum Gasteiger partial charge on any atom is -0.399 e. The number of fused-ring (bicyclic) bond motifs is 1. The standard InChI is InChI=1S/C20H23N3O4S/c21-16-8-4-13(5-9-16)14-6-10-17(11-7-14)28(26,27)23-18-3-1-2-15(18)12-19(23)20(24)22-25/h4-11,15,18-19,25H,1-3,12,21H2,(H,22,24)/t15-,18-,19?/m1/s1. The van der Waals surface area contributed by atoms with Crippen molar-refractivity contribution < 1.29 is 18.4 Å². The molecule has 0 aromatic heterocycles. The Morgan fingerprint density at radius 1 is 1.04 bits per heavy atom. The molecule has 1 saturated carbocycles. The fraction of sp³-hybridized carbons (Fsp3) is 0.350. The molecule has 2 aliphatic rings. The van der Waals surface area contributed by atoms with Gasteiger partial charge in [0.25, 0.3) is 5.91 Å². The first-order valence-electron chi connectivity index (χ1n) is 9.35. The number of anilines is 1. The Morgan fingerprint density at radius 3 is 2.25 bits per heavy atom. The first-order valence-corrected chi connectivity index (χ1v) is 10.8. The second-order valence-corrected chi connectivity index (χ2v) is 9.31. The zero-order chi connectivity index (χ0) is 19.9. The van der Waals surface area contributed by atoms with Crippen LogP contribution in [0.3, 0.4) is 0 Å². The molecule has 1 heterocycles. The van der Waals surface area contributed by atoms with Gasteiger partial charge in [0.15, 0.2) is 0 Å². The number of nitrogens with two attached hydrogens (primary N) is 1. The molecule has 1 unspecified atom stereocenters. The lowest BCUT2D eigenvalue weighted by Gasteiger charge is -2.27. The molecule has 2 aromatic rings. The van der Waals surface area contributed by atoms with E-state index in [0.29, 0.717) is 12.1 Å². The maximum absolute atomic E-state index is 13.3. The SMILES string of the molecule is Nc1ccc(-c2ccc(S(=O)(=O)N3C(C(=O)NO)C[C@H]4CCC[C@H]43)cc2)cc1. The number of carbonyl (C=O) groups is 1. The molecule has 8 heteroatoms.